The minimum absolute atomic E-state index is 0.0660. The second kappa shape index (κ2) is 3.60. The molecule has 0 spiro atoms. The maximum Gasteiger partial charge on any atom is 0.476 e. The van der Waals surface area contributed by atoms with E-state index in [2.05, 4.69) is 9.02 Å². The van der Waals surface area contributed by atoms with Crippen molar-refractivity contribution in [3.8, 4) is 0 Å². The van der Waals surface area contributed by atoms with E-state index in [1.165, 1.54) is 0 Å². The Labute approximate surface area is 73.7 Å². The number of alkyl halides is 5. The predicted octanol–water partition coefficient (Wildman–Crippen LogP) is 3.09. The lowest BCUT2D eigenvalue weighted by Crippen LogP contribution is -2.37. The van der Waals surface area contributed by atoms with Crippen molar-refractivity contribution in [2.24, 2.45) is 0 Å². The standard InChI is InChI=1S/C2H3F5N3P3/c3-1(4,5)2(6,7)10-12-8-11-9-13-10/h8,11-12H. The van der Waals surface area contributed by atoms with E-state index in [9.17, 15) is 22.0 Å². The molecular weight excluding hydrogens is 254 g/mol. The number of hydrogen-bond acceptors (Lipinski definition) is 1. The number of hydrogen-bond donors (Lipinski definition) is 1. The van der Waals surface area contributed by atoms with Gasteiger partial charge in [0.05, 0.1) is 0 Å². The van der Waals surface area contributed by atoms with Crippen molar-refractivity contribution in [2.45, 2.75) is 12.2 Å². The van der Waals surface area contributed by atoms with Crippen LogP contribution in [0.25, 0.3) is 0 Å². The third-order valence-electron chi connectivity index (χ3n) is 1.01. The Morgan fingerprint density at radius 2 is 1.85 bits per heavy atom. The Morgan fingerprint density at radius 1 is 1.23 bits per heavy atom. The topological polar surface area (TPSA) is 33.6 Å². The molecule has 2 atom stereocenters. The molecule has 0 saturated carbocycles. The molecule has 1 rings (SSSR count). The summed E-state index contributed by atoms with van der Waals surface area (Å²) in [6.07, 6.45) is -5.55. The van der Waals surface area contributed by atoms with Gasteiger partial charge in [0.1, 0.15) is 8.51 Å². The van der Waals surface area contributed by atoms with Crippen LogP contribution in [0.4, 0.5) is 22.0 Å². The zero-order chi connectivity index (χ0) is 10.1. The predicted molar refractivity (Wildman–Crippen MR) is 42.0 cm³/mol. The second-order valence-corrected chi connectivity index (χ2v) is 5.54. The maximum absolute atomic E-state index is 12.5. The van der Waals surface area contributed by atoms with Crippen molar-refractivity contribution < 1.29 is 22.0 Å². The van der Waals surface area contributed by atoms with E-state index >= 15 is 0 Å². The summed E-state index contributed by atoms with van der Waals surface area (Å²) in [6, 6.07) is -4.81. The van der Waals surface area contributed by atoms with Crippen LogP contribution >= 0.6 is 25.5 Å². The fourth-order valence-electron chi connectivity index (χ4n) is 0.439. The number of aromatic amines is 1. The molecule has 0 aliphatic heterocycles. The Kier molecular flexibility index (Phi) is 3.05. The first-order chi connectivity index (χ1) is 5.86. The van der Waals surface area contributed by atoms with Crippen molar-refractivity contribution >= 4 is 25.5 Å². The molecule has 1 aromatic rings. The van der Waals surface area contributed by atoms with Crippen LogP contribution in [-0.4, -0.2) is 19.3 Å². The van der Waals surface area contributed by atoms with Crippen LogP contribution < -0.4 is 0 Å². The lowest BCUT2D eigenvalue weighted by molar-refractivity contribution is -0.316. The maximum atomic E-state index is 12.5. The van der Waals surface area contributed by atoms with Crippen molar-refractivity contribution in [2.75, 3.05) is 0 Å². The van der Waals surface area contributed by atoms with E-state index in [-0.39, 0.29) is 21.1 Å². The zero-order valence-electron chi connectivity index (χ0n) is 5.73. The average Bonchev–Trinajstić information content (AvgIpc) is 2.04. The average molecular weight is 257 g/mol. The van der Waals surface area contributed by atoms with Crippen LogP contribution in [-0.2, 0) is 6.05 Å². The summed E-state index contributed by atoms with van der Waals surface area (Å²) in [6.45, 7) is 0. The highest BCUT2D eigenvalue weighted by Crippen LogP contribution is 2.42. The summed E-state index contributed by atoms with van der Waals surface area (Å²) in [5, 5.41) is 0. The molecule has 1 heterocycles. The molecule has 11 heteroatoms. The highest BCUT2D eigenvalue weighted by Gasteiger charge is 2.59. The van der Waals surface area contributed by atoms with Gasteiger partial charge in [-0.15, -0.1) is 0 Å². The van der Waals surface area contributed by atoms with E-state index < -0.39 is 20.7 Å². The second-order valence-electron chi connectivity index (χ2n) is 1.89. The van der Waals surface area contributed by atoms with Crippen LogP contribution in [0.5, 0.6) is 0 Å². The van der Waals surface area contributed by atoms with Gasteiger partial charge in [-0.1, -0.05) is 0 Å². The smallest absolute Gasteiger partial charge is 0.312 e. The SMILES string of the molecule is FC(F)(F)C(F)(F)n1pn[pH][nH][pH]1. The lowest BCUT2D eigenvalue weighted by atomic mass is 10.6. The molecule has 0 aromatic carbocycles. The lowest BCUT2D eigenvalue weighted by Gasteiger charge is -2.20. The molecule has 0 radical (unpaired) electrons. The molecule has 0 amide bonds. The highest BCUT2D eigenvalue weighted by molar-refractivity contribution is 7.44. The van der Waals surface area contributed by atoms with Gasteiger partial charge >= 0.3 is 12.2 Å². The summed E-state index contributed by atoms with van der Waals surface area (Å²) in [4.78, 5) is 0. The third kappa shape index (κ3) is 2.25. The molecule has 1 N–H and O–H groups in total. The first-order valence-electron chi connectivity index (χ1n) is 2.77. The Morgan fingerprint density at radius 3 is 2.23 bits per heavy atom. The van der Waals surface area contributed by atoms with Gasteiger partial charge < -0.3 is 4.51 Å². The highest BCUT2D eigenvalue weighted by atomic mass is 31.1. The van der Waals surface area contributed by atoms with Crippen molar-refractivity contribution in [3.05, 3.63) is 0 Å². The Balaban J connectivity index is 3.08. The van der Waals surface area contributed by atoms with E-state index in [0.29, 0.717) is 0 Å². The van der Waals surface area contributed by atoms with Crippen LogP contribution in [0.15, 0.2) is 0 Å². The van der Waals surface area contributed by atoms with Gasteiger partial charge in [-0.25, -0.2) is 4.09 Å². The Bertz CT molecular complexity index is 287. The molecule has 0 aliphatic rings. The van der Waals surface area contributed by atoms with E-state index in [0.717, 1.165) is 0 Å². The number of aromatic nitrogens is 3. The summed E-state index contributed by atoms with van der Waals surface area (Å²) >= 11 is 0. The monoisotopic (exact) mass is 257 g/mol. The van der Waals surface area contributed by atoms with Gasteiger partial charge in [-0.2, -0.15) is 26.5 Å². The number of halogens is 5. The van der Waals surface area contributed by atoms with Crippen LogP contribution in [0.2, 0.25) is 0 Å². The van der Waals surface area contributed by atoms with Gasteiger partial charge in [0.25, 0.3) is 0 Å². The van der Waals surface area contributed by atoms with Gasteiger partial charge in [-0.3, -0.25) is 0 Å². The van der Waals surface area contributed by atoms with Crippen molar-refractivity contribution in [1.29, 1.82) is 0 Å². The number of nitrogens with zero attached hydrogens (tertiary/aromatic N) is 2. The molecular formula is C2H3F5N3P3. The summed E-state index contributed by atoms with van der Waals surface area (Å²) in [5.74, 6) is 0. The minimum atomic E-state index is -5.55. The quantitative estimate of drug-likeness (QED) is 0.770. The number of nitrogens with one attached hydrogen (secondary N) is 1. The zero-order valence-corrected chi connectivity index (χ0v) is 8.63. The van der Waals surface area contributed by atoms with Gasteiger partial charge in [0.2, 0.25) is 0 Å². The van der Waals surface area contributed by atoms with Gasteiger partial charge in [0, 0.05) is 17.0 Å². The summed E-state index contributed by atoms with van der Waals surface area (Å²) < 4.78 is 66.0. The molecule has 3 nitrogen and oxygen atoms in total. The molecule has 0 saturated heterocycles. The third-order valence-corrected chi connectivity index (χ3v) is 4.15. The first-order valence-corrected chi connectivity index (χ1v) is 5.46. The van der Waals surface area contributed by atoms with E-state index in [1.807, 2.05) is 0 Å². The molecule has 0 aliphatic carbocycles. The fourth-order valence-corrected chi connectivity index (χ4v) is 3.77. The number of H-pyrrole nitrogens is 1. The molecule has 76 valence electrons. The van der Waals surface area contributed by atoms with Crippen LogP contribution in [0.3, 0.4) is 0 Å². The molecule has 13 heavy (non-hydrogen) atoms. The minimum Gasteiger partial charge on any atom is -0.312 e. The molecule has 2 unspecified atom stereocenters. The van der Waals surface area contributed by atoms with Crippen LogP contribution in [0.1, 0.15) is 0 Å². The first kappa shape index (κ1) is 11.0. The number of rotatable bonds is 1. The van der Waals surface area contributed by atoms with Gasteiger partial charge in [0.15, 0.2) is 0 Å². The molecule has 0 fully saturated rings. The fraction of sp³-hybridized carbons (Fsp3) is 1.00. The van der Waals surface area contributed by atoms with Crippen molar-refractivity contribution in [3.63, 3.8) is 0 Å². The summed E-state index contributed by atoms with van der Waals surface area (Å²) in [5.41, 5.74) is 0. The summed E-state index contributed by atoms with van der Waals surface area (Å²) in [7, 11) is -1.22. The van der Waals surface area contributed by atoms with E-state index in [4.69, 9.17) is 0 Å². The van der Waals surface area contributed by atoms with Crippen LogP contribution in [0, 0.1) is 0 Å². The van der Waals surface area contributed by atoms with Crippen molar-refractivity contribution in [1.82, 2.24) is 13.1 Å². The molecule has 0 bridgehead atoms. The molecule has 1 aromatic heterocycles. The van der Waals surface area contributed by atoms with E-state index in [1.54, 1.807) is 0 Å². The normalized spacial score (nSPS) is 14.8. The largest absolute Gasteiger partial charge is 0.476 e. The Hall–Kier alpha value is -0.0500. The van der Waals surface area contributed by atoms with Gasteiger partial charge in [-0.05, 0) is 0 Å².